The lowest BCUT2D eigenvalue weighted by Crippen LogP contribution is -2.05. The average molecular weight is 180 g/mol. The van der Waals surface area contributed by atoms with Crippen LogP contribution >= 0.6 is 0 Å². The third kappa shape index (κ3) is 1.81. The summed E-state index contributed by atoms with van der Waals surface area (Å²) < 4.78 is 4.36. The number of carbonyl (C=O) groups is 1. The summed E-state index contributed by atoms with van der Waals surface area (Å²) in [5.41, 5.74) is -0.454. The maximum absolute atomic E-state index is 11.0. The van der Waals surface area contributed by atoms with Crippen molar-refractivity contribution < 1.29 is 14.5 Å². The van der Waals surface area contributed by atoms with Crippen LogP contribution in [0.2, 0.25) is 0 Å². The molecule has 0 unspecified atom stereocenters. The summed E-state index contributed by atoms with van der Waals surface area (Å²) >= 11 is 0. The monoisotopic (exact) mass is 180 g/mol. The minimum atomic E-state index is -0.733. The Balaban J connectivity index is 3.19. The van der Waals surface area contributed by atoms with Crippen molar-refractivity contribution in [3.63, 3.8) is 0 Å². The second-order valence-corrected chi connectivity index (χ2v) is 2.18. The van der Waals surface area contributed by atoms with Crippen LogP contribution in [0.3, 0.4) is 0 Å². The standard InChI is InChI=1S/C8H6NO4/c1-13-8(10)6-4-2-3-5-7(6)9(11)12/h2-4H,1H3. The first-order chi connectivity index (χ1) is 6.16. The molecule has 5 nitrogen and oxygen atoms in total. The van der Waals surface area contributed by atoms with Gasteiger partial charge in [0.2, 0.25) is 0 Å². The van der Waals surface area contributed by atoms with E-state index in [2.05, 4.69) is 10.8 Å². The molecule has 0 spiro atoms. The highest BCUT2D eigenvalue weighted by Gasteiger charge is 2.19. The number of hydrogen-bond acceptors (Lipinski definition) is 4. The number of nitrogens with zero attached hydrogens (tertiary/aromatic N) is 1. The molecule has 0 aliphatic carbocycles. The summed E-state index contributed by atoms with van der Waals surface area (Å²) in [5, 5.41) is 10.4. The van der Waals surface area contributed by atoms with Gasteiger partial charge in [-0.1, -0.05) is 6.07 Å². The van der Waals surface area contributed by atoms with E-state index in [1.807, 2.05) is 0 Å². The van der Waals surface area contributed by atoms with Gasteiger partial charge in [0.15, 0.2) is 0 Å². The largest absolute Gasteiger partial charge is 0.465 e. The zero-order valence-corrected chi connectivity index (χ0v) is 6.81. The van der Waals surface area contributed by atoms with Crippen molar-refractivity contribution in [1.82, 2.24) is 0 Å². The van der Waals surface area contributed by atoms with Crippen LogP contribution in [0.25, 0.3) is 0 Å². The van der Waals surface area contributed by atoms with Gasteiger partial charge in [-0.05, 0) is 12.1 Å². The molecule has 5 heteroatoms. The van der Waals surface area contributed by atoms with Gasteiger partial charge in [0.25, 0.3) is 5.69 Å². The van der Waals surface area contributed by atoms with Crippen LogP contribution < -0.4 is 0 Å². The smallest absolute Gasteiger partial charge is 0.344 e. The Kier molecular flexibility index (Phi) is 2.59. The van der Waals surface area contributed by atoms with Gasteiger partial charge < -0.3 is 4.74 Å². The Bertz CT molecular complexity index is 348. The zero-order valence-electron chi connectivity index (χ0n) is 6.81. The van der Waals surface area contributed by atoms with E-state index in [1.165, 1.54) is 25.3 Å². The van der Waals surface area contributed by atoms with Crippen LogP contribution in [0.15, 0.2) is 18.2 Å². The minimum absolute atomic E-state index is 0.0880. The van der Waals surface area contributed by atoms with E-state index in [-0.39, 0.29) is 11.3 Å². The van der Waals surface area contributed by atoms with Crippen molar-refractivity contribution in [1.29, 1.82) is 0 Å². The molecule has 1 rings (SSSR count). The lowest BCUT2D eigenvalue weighted by atomic mass is 10.2. The van der Waals surface area contributed by atoms with E-state index in [0.717, 1.165) is 0 Å². The lowest BCUT2D eigenvalue weighted by molar-refractivity contribution is -0.385. The zero-order chi connectivity index (χ0) is 9.84. The molecule has 0 bridgehead atoms. The number of nitro benzene ring substituents is 1. The first kappa shape index (κ1) is 9.18. The molecule has 0 atom stereocenters. The summed E-state index contributed by atoms with van der Waals surface area (Å²) in [6.07, 6.45) is 0. The molecule has 1 aromatic rings. The van der Waals surface area contributed by atoms with E-state index < -0.39 is 10.9 Å². The van der Waals surface area contributed by atoms with E-state index in [0.29, 0.717) is 0 Å². The van der Waals surface area contributed by atoms with Gasteiger partial charge in [0.1, 0.15) is 5.56 Å². The molecule has 67 valence electrons. The maximum atomic E-state index is 11.0. The van der Waals surface area contributed by atoms with Gasteiger partial charge in [-0.15, -0.1) is 0 Å². The van der Waals surface area contributed by atoms with E-state index in [4.69, 9.17) is 0 Å². The third-order valence-corrected chi connectivity index (χ3v) is 1.42. The molecule has 0 saturated carbocycles. The van der Waals surface area contributed by atoms with Crippen LogP contribution in [-0.4, -0.2) is 18.0 Å². The summed E-state index contributed by atoms with van der Waals surface area (Å²) in [6.45, 7) is 0. The quantitative estimate of drug-likeness (QED) is 0.389. The fourth-order valence-electron chi connectivity index (χ4n) is 0.854. The second-order valence-electron chi connectivity index (χ2n) is 2.18. The Morgan fingerprint density at radius 1 is 1.69 bits per heavy atom. The predicted octanol–water partition coefficient (Wildman–Crippen LogP) is 1.18. The van der Waals surface area contributed by atoms with Gasteiger partial charge in [0, 0.05) is 0 Å². The van der Waals surface area contributed by atoms with E-state index in [9.17, 15) is 14.9 Å². The molecule has 0 aliphatic rings. The first-order valence-electron chi connectivity index (χ1n) is 3.40. The van der Waals surface area contributed by atoms with E-state index >= 15 is 0 Å². The number of rotatable bonds is 2. The van der Waals surface area contributed by atoms with Crippen LogP contribution in [0.5, 0.6) is 0 Å². The van der Waals surface area contributed by atoms with Crippen molar-refractivity contribution in [3.8, 4) is 0 Å². The van der Waals surface area contributed by atoms with Gasteiger partial charge in [-0.2, -0.15) is 0 Å². The average Bonchev–Trinajstić information content (AvgIpc) is 2.16. The van der Waals surface area contributed by atoms with Gasteiger partial charge >= 0.3 is 5.97 Å². The second kappa shape index (κ2) is 3.66. The minimum Gasteiger partial charge on any atom is -0.465 e. The van der Waals surface area contributed by atoms with Crippen molar-refractivity contribution in [3.05, 3.63) is 39.9 Å². The summed E-state index contributed by atoms with van der Waals surface area (Å²) in [7, 11) is 1.17. The molecular formula is C8H6NO4. The Morgan fingerprint density at radius 3 is 2.92 bits per heavy atom. The predicted molar refractivity (Wildman–Crippen MR) is 43.3 cm³/mol. The van der Waals surface area contributed by atoms with Gasteiger partial charge in [-0.25, -0.2) is 4.79 Å². The van der Waals surface area contributed by atoms with Crippen LogP contribution in [-0.2, 0) is 4.74 Å². The summed E-state index contributed by atoms with van der Waals surface area (Å²) in [4.78, 5) is 20.7. The molecule has 0 N–H and O–H groups in total. The molecule has 13 heavy (non-hydrogen) atoms. The highest BCUT2D eigenvalue weighted by molar-refractivity contribution is 5.93. The SMILES string of the molecule is COC(=O)c1ccc[c]c1[N+](=O)[O-]. The lowest BCUT2D eigenvalue weighted by Gasteiger charge is -1.98. The molecule has 0 saturated heterocycles. The molecule has 0 amide bonds. The molecular weight excluding hydrogens is 174 g/mol. The third-order valence-electron chi connectivity index (χ3n) is 1.42. The van der Waals surface area contributed by atoms with Gasteiger partial charge in [-0.3, -0.25) is 10.1 Å². The fraction of sp³-hybridized carbons (Fsp3) is 0.125. The Morgan fingerprint density at radius 2 is 2.38 bits per heavy atom. The Labute approximate surface area is 74.1 Å². The Hall–Kier alpha value is -1.91. The van der Waals surface area contributed by atoms with Crippen LogP contribution in [0, 0.1) is 16.2 Å². The number of hydrogen-bond donors (Lipinski definition) is 0. The fourth-order valence-corrected chi connectivity index (χ4v) is 0.854. The number of nitro groups is 1. The molecule has 0 heterocycles. The number of methoxy groups -OCH3 is 1. The molecule has 0 aromatic heterocycles. The number of benzene rings is 1. The molecule has 0 aliphatic heterocycles. The van der Waals surface area contributed by atoms with Crippen molar-refractivity contribution in [2.75, 3.05) is 7.11 Å². The highest BCUT2D eigenvalue weighted by atomic mass is 16.6. The number of para-hydroxylation sites is 1. The van der Waals surface area contributed by atoms with E-state index in [1.54, 1.807) is 0 Å². The van der Waals surface area contributed by atoms with Crippen molar-refractivity contribution >= 4 is 11.7 Å². The summed E-state index contributed by atoms with van der Waals surface area (Å²) in [6, 6.07) is 6.52. The first-order valence-corrected chi connectivity index (χ1v) is 3.40. The van der Waals surface area contributed by atoms with Crippen molar-refractivity contribution in [2.24, 2.45) is 0 Å². The molecule has 1 aromatic carbocycles. The normalized spacial score (nSPS) is 9.31. The summed E-state index contributed by atoms with van der Waals surface area (Å²) in [5.74, 6) is -0.733. The highest BCUT2D eigenvalue weighted by Crippen LogP contribution is 2.17. The topological polar surface area (TPSA) is 69.4 Å². The van der Waals surface area contributed by atoms with Gasteiger partial charge in [0.05, 0.1) is 18.1 Å². The number of ether oxygens (including phenoxy) is 1. The number of carbonyl (C=O) groups excluding carboxylic acids is 1. The van der Waals surface area contributed by atoms with Crippen LogP contribution in [0.1, 0.15) is 10.4 Å². The van der Waals surface area contributed by atoms with Crippen molar-refractivity contribution in [2.45, 2.75) is 0 Å². The van der Waals surface area contributed by atoms with Crippen LogP contribution in [0.4, 0.5) is 5.69 Å². The molecule has 0 fully saturated rings. The maximum Gasteiger partial charge on any atom is 0.344 e. The molecule has 1 radical (unpaired) electrons. The number of esters is 1.